The van der Waals surface area contributed by atoms with Crippen LogP contribution in [0.2, 0.25) is 12.1 Å². The van der Waals surface area contributed by atoms with Crippen LogP contribution in [-0.4, -0.2) is 33.3 Å². The van der Waals surface area contributed by atoms with Gasteiger partial charge in [-0.2, -0.15) is 0 Å². The van der Waals surface area contributed by atoms with Crippen LogP contribution in [0.25, 0.3) is 0 Å². The quantitative estimate of drug-likeness (QED) is 0.419. The molecule has 4 atom stereocenters. The Morgan fingerprint density at radius 2 is 1.81 bits per heavy atom. The minimum Gasteiger partial charge on any atom is -0.207 e. The van der Waals surface area contributed by atoms with Gasteiger partial charge in [-0.05, 0) is 23.2 Å². The van der Waals surface area contributed by atoms with Crippen LogP contribution in [0.3, 0.4) is 0 Å². The molecule has 8 heteroatoms. The third-order valence-corrected chi connectivity index (χ3v) is 10.9. The third-order valence-electron chi connectivity index (χ3n) is 3.84. The highest BCUT2D eigenvalue weighted by Gasteiger charge is 2.44. The molecule has 1 saturated heterocycles. The average molecular weight is 405 g/mol. The van der Waals surface area contributed by atoms with Crippen molar-refractivity contribution in [3.63, 3.8) is 0 Å². The highest BCUT2D eigenvalue weighted by molar-refractivity contribution is 8.13. The molecule has 1 aliphatic heterocycles. The Labute approximate surface area is 146 Å². The SMILES string of the molecule is CC[Si]1CC(Cl)C(Cl)C(Cl)C1c1ccccc1S(=O)(=O)Cl. The molecule has 0 amide bonds. The summed E-state index contributed by atoms with van der Waals surface area (Å²) in [5.41, 5.74) is 0.598. The second kappa shape index (κ2) is 6.98. The van der Waals surface area contributed by atoms with E-state index in [1.54, 1.807) is 18.2 Å². The molecule has 117 valence electrons. The van der Waals surface area contributed by atoms with Crippen molar-refractivity contribution in [3.8, 4) is 0 Å². The second-order valence-electron chi connectivity index (χ2n) is 5.07. The van der Waals surface area contributed by atoms with Crippen molar-refractivity contribution in [2.45, 2.75) is 45.6 Å². The first-order chi connectivity index (χ1) is 9.77. The predicted octanol–water partition coefficient (Wildman–Crippen LogP) is 4.59. The molecule has 21 heavy (non-hydrogen) atoms. The fourth-order valence-electron chi connectivity index (χ4n) is 2.81. The van der Waals surface area contributed by atoms with Crippen LogP contribution in [0.1, 0.15) is 18.0 Å². The van der Waals surface area contributed by atoms with E-state index in [9.17, 15) is 8.42 Å². The molecular formula is C13H15Cl4O2SSi. The van der Waals surface area contributed by atoms with Gasteiger partial charge >= 0.3 is 0 Å². The van der Waals surface area contributed by atoms with E-state index in [-0.39, 0.29) is 21.2 Å². The maximum absolute atomic E-state index is 11.8. The van der Waals surface area contributed by atoms with Crippen molar-refractivity contribution >= 4 is 63.3 Å². The molecule has 1 aliphatic rings. The van der Waals surface area contributed by atoms with Gasteiger partial charge in [0.25, 0.3) is 9.05 Å². The smallest absolute Gasteiger partial charge is 0.207 e. The number of benzene rings is 1. The molecule has 1 heterocycles. The lowest BCUT2D eigenvalue weighted by Gasteiger charge is -2.40. The number of hydrogen-bond donors (Lipinski definition) is 0. The van der Waals surface area contributed by atoms with E-state index in [0.29, 0.717) is 5.56 Å². The van der Waals surface area contributed by atoms with E-state index in [1.807, 2.05) is 0 Å². The standard InChI is InChI=1S/C13H15Cl4O2SSi/c1-2-21-7-9(14)11(15)12(16)13(21)8-5-3-4-6-10(8)20(17,18)19/h3-6,9,11-13H,2,7H2,1H3. The first-order valence-electron chi connectivity index (χ1n) is 6.57. The molecule has 1 radical (unpaired) electrons. The Morgan fingerprint density at radius 3 is 2.38 bits per heavy atom. The number of hydrogen-bond acceptors (Lipinski definition) is 2. The van der Waals surface area contributed by atoms with Crippen LogP contribution in [0.15, 0.2) is 29.2 Å². The summed E-state index contributed by atoms with van der Waals surface area (Å²) in [6.07, 6.45) is 0. The lowest BCUT2D eigenvalue weighted by Crippen LogP contribution is -2.46. The van der Waals surface area contributed by atoms with Crippen molar-refractivity contribution < 1.29 is 8.42 Å². The summed E-state index contributed by atoms with van der Waals surface area (Å²) in [4.78, 5) is 0.134. The molecule has 0 aliphatic carbocycles. The van der Waals surface area contributed by atoms with Crippen LogP contribution >= 0.6 is 45.5 Å². The van der Waals surface area contributed by atoms with Crippen molar-refractivity contribution in [3.05, 3.63) is 29.8 Å². The van der Waals surface area contributed by atoms with Gasteiger partial charge in [-0.25, -0.2) is 8.42 Å². The van der Waals surface area contributed by atoms with Crippen LogP contribution < -0.4 is 0 Å². The first-order valence-corrected chi connectivity index (χ1v) is 12.2. The number of alkyl halides is 3. The Morgan fingerprint density at radius 1 is 1.19 bits per heavy atom. The zero-order chi connectivity index (χ0) is 15.8. The summed E-state index contributed by atoms with van der Waals surface area (Å²) >= 11 is 19.1. The summed E-state index contributed by atoms with van der Waals surface area (Å²) < 4.78 is 23.6. The molecule has 1 aromatic rings. The highest BCUT2D eigenvalue weighted by Crippen LogP contribution is 2.44. The molecule has 1 fully saturated rings. The number of rotatable bonds is 3. The molecule has 0 bridgehead atoms. The van der Waals surface area contributed by atoms with E-state index in [0.717, 1.165) is 12.1 Å². The monoisotopic (exact) mass is 403 g/mol. The average Bonchev–Trinajstić information content (AvgIpc) is 2.43. The van der Waals surface area contributed by atoms with Gasteiger partial charge in [0.1, 0.15) is 0 Å². The van der Waals surface area contributed by atoms with Gasteiger partial charge in [0.15, 0.2) is 0 Å². The van der Waals surface area contributed by atoms with Crippen molar-refractivity contribution in [1.82, 2.24) is 0 Å². The van der Waals surface area contributed by atoms with Crippen LogP contribution in [0.4, 0.5) is 0 Å². The maximum atomic E-state index is 11.8. The minimum atomic E-state index is -3.82. The Hall–Kier alpha value is 0.547. The largest absolute Gasteiger partial charge is 0.261 e. The maximum Gasteiger partial charge on any atom is 0.261 e. The Bertz CT molecular complexity index is 608. The van der Waals surface area contributed by atoms with Gasteiger partial charge in [-0.1, -0.05) is 31.2 Å². The topological polar surface area (TPSA) is 34.1 Å². The van der Waals surface area contributed by atoms with Crippen molar-refractivity contribution in [2.75, 3.05) is 0 Å². The summed E-state index contributed by atoms with van der Waals surface area (Å²) in [7, 11) is 0.792. The van der Waals surface area contributed by atoms with E-state index in [2.05, 4.69) is 6.92 Å². The third kappa shape index (κ3) is 3.73. The lowest BCUT2D eigenvalue weighted by molar-refractivity contribution is 0.605. The molecule has 0 aromatic heterocycles. The first kappa shape index (κ1) is 17.9. The molecule has 2 rings (SSSR count). The van der Waals surface area contributed by atoms with Crippen molar-refractivity contribution in [1.29, 1.82) is 0 Å². The van der Waals surface area contributed by atoms with Gasteiger partial charge in [-0.15, -0.1) is 34.8 Å². The summed E-state index contributed by atoms with van der Waals surface area (Å²) in [5.74, 6) is 0. The van der Waals surface area contributed by atoms with Crippen molar-refractivity contribution in [2.24, 2.45) is 0 Å². The van der Waals surface area contributed by atoms with E-state index in [1.165, 1.54) is 6.07 Å². The fourth-order valence-corrected chi connectivity index (χ4v) is 9.32. The zero-order valence-electron chi connectivity index (χ0n) is 11.3. The fraction of sp³-hybridized carbons (Fsp3) is 0.538. The van der Waals surface area contributed by atoms with Gasteiger partial charge in [0, 0.05) is 16.1 Å². The molecular weight excluding hydrogens is 390 g/mol. The lowest BCUT2D eigenvalue weighted by atomic mass is 10.0. The Balaban J connectivity index is 2.53. The molecule has 1 aromatic carbocycles. The van der Waals surface area contributed by atoms with Gasteiger partial charge in [0.2, 0.25) is 0 Å². The van der Waals surface area contributed by atoms with Gasteiger partial charge < -0.3 is 0 Å². The molecule has 0 spiro atoms. The van der Waals surface area contributed by atoms with Crippen LogP contribution in [0, 0.1) is 0 Å². The predicted molar refractivity (Wildman–Crippen MR) is 92.2 cm³/mol. The summed E-state index contributed by atoms with van der Waals surface area (Å²) in [6.45, 7) is 2.08. The van der Waals surface area contributed by atoms with E-state index < -0.39 is 23.2 Å². The second-order valence-corrected chi connectivity index (χ2v) is 12.2. The molecule has 0 saturated carbocycles. The van der Waals surface area contributed by atoms with Gasteiger partial charge in [0.05, 0.1) is 24.4 Å². The van der Waals surface area contributed by atoms with Crippen LogP contribution in [0.5, 0.6) is 0 Å². The minimum absolute atomic E-state index is 0.0797. The van der Waals surface area contributed by atoms with Crippen LogP contribution in [-0.2, 0) is 9.05 Å². The normalized spacial score (nSPS) is 31.3. The van der Waals surface area contributed by atoms with E-state index >= 15 is 0 Å². The number of halogens is 4. The Kier molecular flexibility index (Phi) is 5.94. The zero-order valence-corrected chi connectivity index (χ0v) is 16.1. The molecule has 0 N–H and O–H groups in total. The van der Waals surface area contributed by atoms with Gasteiger partial charge in [-0.3, -0.25) is 0 Å². The summed E-state index contributed by atoms with van der Waals surface area (Å²) in [6, 6.07) is 8.52. The van der Waals surface area contributed by atoms with E-state index in [4.69, 9.17) is 45.5 Å². The molecule has 4 unspecified atom stereocenters. The molecule has 2 nitrogen and oxygen atoms in total. The highest BCUT2D eigenvalue weighted by atomic mass is 35.7. The summed E-state index contributed by atoms with van der Waals surface area (Å²) in [5, 5.41) is -0.944.